The minimum atomic E-state index is 0.270. The average molecular weight is 224 g/mol. The van der Waals surface area contributed by atoms with Crippen LogP contribution in [-0.4, -0.2) is 9.97 Å². The Morgan fingerprint density at radius 1 is 0.882 bits per heavy atom. The normalized spacial score (nSPS) is 16.8. The molecular weight excluding hydrogens is 208 g/mol. The summed E-state index contributed by atoms with van der Waals surface area (Å²) in [6.07, 6.45) is 5.84. The van der Waals surface area contributed by atoms with Gasteiger partial charge < -0.3 is 0 Å². The standard InChI is InChI=1S/C15H16N2/c1-15(2)9-11-5-3-7-16-13(11)14-12(10-15)6-4-8-17-14/h3-8H,9-10H2,1-2H3. The number of hydrogen-bond acceptors (Lipinski definition) is 2. The van der Waals surface area contributed by atoms with E-state index in [1.807, 2.05) is 24.5 Å². The fraction of sp³-hybridized carbons (Fsp3) is 0.333. The molecule has 0 saturated carbocycles. The molecule has 0 atom stereocenters. The van der Waals surface area contributed by atoms with Gasteiger partial charge in [0.15, 0.2) is 0 Å². The molecule has 17 heavy (non-hydrogen) atoms. The van der Waals surface area contributed by atoms with Crippen molar-refractivity contribution in [1.82, 2.24) is 9.97 Å². The van der Waals surface area contributed by atoms with Crippen molar-refractivity contribution in [3.63, 3.8) is 0 Å². The van der Waals surface area contributed by atoms with Gasteiger partial charge in [-0.1, -0.05) is 26.0 Å². The summed E-state index contributed by atoms with van der Waals surface area (Å²) in [4.78, 5) is 9.05. The van der Waals surface area contributed by atoms with Crippen molar-refractivity contribution < 1.29 is 0 Å². The molecule has 2 nitrogen and oxygen atoms in total. The first-order valence-corrected chi connectivity index (χ1v) is 6.04. The van der Waals surface area contributed by atoms with E-state index in [1.54, 1.807) is 0 Å². The van der Waals surface area contributed by atoms with E-state index in [9.17, 15) is 0 Å². The molecule has 0 saturated heterocycles. The van der Waals surface area contributed by atoms with Gasteiger partial charge in [-0.2, -0.15) is 0 Å². The molecule has 0 aromatic carbocycles. The molecule has 2 heteroatoms. The smallest absolute Gasteiger partial charge is 0.0921 e. The predicted octanol–water partition coefficient (Wildman–Crippen LogP) is 3.27. The van der Waals surface area contributed by atoms with Crippen LogP contribution in [0.1, 0.15) is 25.0 Å². The molecule has 1 aliphatic rings. The fourth-order valence-electron chi connectivity index (χ4n) is 2.68. The lowest BCUT2D eigenvalue weighted by atomic mass is 9.82. The zero-order valence-electron chi connectivity index (χ0n) is 10.3. The maximum absolute atomic E-state index is 4.52. The van der Waals surface area contributed by atoms with E-state index in [1.165, 1.54) is 11.1 Å². The number of aromatic nitrogens is 2. The van der Waals surface area contributed by atoms with E-state index in [0.717, 1.165) is 24.2 Å². The maximum atomic E-state index is 4.52. The van der Waals surface area contributed by atoms with Crippen molar-refractivity contribution in [2.75, 3.05) is 0 Å². The lowest BCUT2D eigenvalue weighted by Crippen LogP contribution is -2.17. The van der Waals surface area contributed by atoms with Crippen LogP contribution in [0, 0.1) is 5.41 Å². The molecule has 0 aliphatic heterocycles. The Kier molecular flexibility index (Phi) is 2.25. The number of fused-ring (bicyclic) bond motifs is 3. The van der Waals surface area contributed by atoms with Crippen molar-refractivity contribution in [2.45, 2.75) is 26.7 Å². The Labute approximate surface area is 102 Å². The van der Waals surface area contributed by atoms with E-state index in [2.05, 4.69) is 35.9 Å². The number of rotatable bonds is 0. The van der Waals surface area contributed by atoms with Crippen LogP contribution in [0.4, 0.5) is 0 Å². The third-order valence-electron chi connectivity index (χ3n) is 3.34. The van der Waals surface area contributed by atoms with Crippen molar-refractivity contribution in [3.8, 4) is 11.4 Å². The highest BCUT2D eigenvalue weighted by Crippen LogP contribution is 2.36. The Balaban J connectivity index is 2.28. The van der Waals surface area contributed by atoms with Crippen LogP contribution in [0.3, 0.4) is 0 Å². The van der Waals surface area contributed by atoms with Crippen LogP contribution in [0.2, 0.25) is 0 Å². The summed E-state index contributed by atoms with van der Waals surface area (Å²) in [7, 11) is 0. The summed E-state index contributed by atoms with van der Waals surface area (Å²) in [5.41, 5.74) is 5.03. The Morgan fingerprint density at radius 2 is 1.35 bits per heavy atom. The third-order valence-corrected chi connectivity index (χ3v) is 3.34. The number of hydrogen-bond donors (Lipinski definition) is 0. The molecule has 3 rings (SSSR count). The Bertz CT molecular complexity index is 509. The van der Waals surface area contributed by atoms with Gasteiger partial charge in [0.05, 0.1) is 11.4 Å². The Morgan fingerprint density at radius 3 is 1.82 bits per heavy atom. The van der Waals surface area contributed by atoms with E-state index in [0.29, 0.717) is 0 Å². The molecule has 1 aliphatic carbocycles. The quantitative estimate of drug-likeness (QED) is 0.686. The highest BCUT2D eigenvalue weighted by atomic mass is 14.8. The molecule has 0 bridgehead atoms. The monoisotopic (exact) mass is 224 g/mol. The topological polar surface area (TPSA) is 25.8 Å². The first-order valence-electron chi connectivity index (χ1n) is 6.04. The highest BCUT2D eigenvalue weighted by Gasteiger charge is 2.27. The second-order valence-electron chi connectivity index (χ2n) is 5.54. The van der Waals surface area contributed by atoms with Crippen molar-refractivity contribution in [3.05, 3.63) is 47.8 Å². The zero-order chi connectivity index (χ0) is 11.9. The van der Waals surface area contributed by atoms with E-state index >= 15 is 0 Å². The second-order valence-corrected chi connectivity index (χ2v) is 5.54. The van der Waals surface area contributed by atoms with Gasteiger partial charge in [-0.05, 0) is 41.5 Å². The van der Waals surface area contributed by atoms with Gasteiger partial charge in [-0.3, -0.25) is 9.97 Å². The molecule has 0 fully saturated rings. The van der Waals surface area contributed by atoms with Crippen LogP contribution >= 0.6 is 0 Å². The van der Waals surface area contributed by atoms with Gasteiger partial charge in [0.25, 0.3) is 0 Å². The molecule has 0 amide bonds. The average Bonchev–Trinajstić information content (AvgIpc) is 2.40. The predicted molar refractivity (Wildman–Crippen MR) is 68.7 cm³/mol. The summed E-state index contributed by atoms with van der Waals surface area (Å²) in [5, 5.41) is 0. The lowest BCUT2D eigenvalue weighted by Gasteiger charge is -2.22. The van der Waals surface area contributed by atoms with E-state index in [-0.39, 0.29) is 5.41 Å². The first kappa shape index (κ1) is 10.5. The summed E-state index contributed by atoms with van der Waals surface area (Å²) >= 11 is 0. The summed E-state index contributed by atoms with van der Waals surface area (Å²) < 4.78 is 0. The molecule has 2 heterocycles. The molecule has 0 N–H and O–H groups in total. The molecule has 2 aromatic heterocycles. The van der Waals surface area contributed by atoms with Crippen LogP contribution in [0.15, 0.2) is 36.7 Å². The van der Waals surface area contributed by atoms with Crippen LogP contribution in [0.25, 0.3) is 11.4 Å². The van der Waals surface area contributed by atoms with Gasteiger partial charge in [-0.15, -0.1) is 0 Å². The van der Waals surface area contributed by atoms with E-state index in [4.69, 9.17) is 0 Å². The van der Waals surface area contributed by atoms with Crippen molar-refractivity contribution in [1.29, 1.82) is 0 Å². The second kappa shape index (κ2) is 3.66. The van der Waals surface area contributed by atoms with Crippen molar-refractivity contribution >= 4 is 0 Å². The first-order chi connectivity index (χ1) is 8.16. The summed E-state index contributed by atoms with van der Waals surface area (Å²) in [5.74, 6) is 0. The zero-order valence-corrected chi connectivity index (χ0v) is 10.3. The minimum Gasteiger partial charge on any atom is -0.254 e. The SMILES string of the molecule is CC1(C)Cc2cccnc2-c2ncccc2C1. The molecular formula is C15H16N2. The van der Waals surface area contributed by atoms with Crippen LogP contribution < -0.4 is 0 Å². The van der Waals surface area contributed by atoms with E-state index < -0.39 is 0 Å². The van der Waals surface area contributed by atoms with Gasteiger partial charge in [0.1, 0.15) is 0 Å². The fourth-order valence-corrected chi connectivity index (χ4v) is 2.68. The molecule has 0 spiro atoms. The number of nitrogens with zero attached hydrogens (tertiary/aromatic N) is 2. The lowest BCUT2D eigenvalue weighted by molar-refractivity contribution is 0.364. The van der Waals surface area contributed by atoms with Gasteiger partial charge in [-0.25, -0.2) is 0 Å². The Hall–Kier alpha value is -1.70. The van der Waals surface area contributed by atoms with Gasteiger partial charge in [0.2, 0.25) is 0 Å². The molecule has 86 valence electrons. The van der Waals surface area contributed by atoms with Crippen LogP contribution in [0.5, 0.6) is 0 Å². The highest BCUT2D eigenvalue weighted by molar-refractivity contribution is 5.64. The maximum Gasteiger partial charge on any atom is 0.0921 e. The molecule has 0 unspecified atom stereocenters. The number of pyridine rings is 2. The molecule has 2 aromatic rings. The summed E-state index contributed by atoms with van der Waals surface area (Å²) in [6, 6.07) is 8.38. The summed E-state index contributed by atoms with van der Waals surface area (Å²) in [6.45, 7) is 4.62. The van der Waals surface area contributed by atoms with Crippen LogP contribution in [-0.2, 0) is 12.8 Å². The third kappa shape index (κ3) is 1.84. The van der Waals surface area contributed by atoms with Gasteiger partial charge in [0, 0.05) is 12.4 Å². The minimum absolute atomic E-state index is 0.270. The van der Waals surface area contributed by atoms with Gasteiger partial charge >= 0.3 is 0 Å². The van der Waals surface area contributed by atoms with Crippen molar-refractivity contribution in [2.24, 2.45) is 5.41 Å². The molecule has 0 radical (unpaired) electrons. The largest absolute Gasteiger partial charge is 0.254 e.